The quantitative estimate of drug-likeness (QED) is 0.625. The maximum Gasteiger partial charge on any atom is 0.188 e. The van der Waals surface area contributed by atoms with E-state index < -0.39 is 0 Å². The number of hydrogen-bond donors (Lipinski definition) is 1. The molecule has 3 nitrogen and oxygen atoms in total. The fraction of sp³-hybridized carbons (Fsp3) is 0.692. The molecule has 1 atom stereocenters. The van der Waals surface area contributed by atoms with Crippen molar-refractivity contribution in [1.29, 1.82) is 0 Å². The van der Waals surface area contributed by atoms with E-state index in [1.165, 1.54) is 5.56 Å². The number of nitrogens with one attached hydrogen (secondary N) is 1. The molecule has 0 radical (unpaired) electrons. The molecule has 1 rings (SSSR count). The monoisotopic (exact) mass is 253 g/mol. The van der Waals surface area contributed by atoms with Crippen LogP contribution < -0.4 is 5.32 Å². The molecule has 1 unspecified atom stereocenters. The van der Waals surface area contributed by atoms with E-state index in [0.29, 0.717) is 6.04 Å². The highest BCUT2D eigenvalue weighted by molar-refractivity contribution is 7.99. The maximum absolute atomic E-state index is 4.52. The van der Waals surface area contributed by atoms with Crippen LogP contribution >= 0.6 is 11.8 Å². The first-order valence-corrected chi connectivity index (χ1v) is 7.25. The van der Waals surface area contributed by atoms with Crippen molar-refractivity contribution in [2.24, 2.45) is 0 Å². The Bertz CT molecular complexity index is 343. The Labute approximate surface area is 109 Å². The third-order valence-electron chi connectivity index (χ3n) is 3.01. The predicted molar refractivity (Wildman–Crippen MR) is 74.7 cm³/mol. The third-order valence-corrected chi connectivity index (χ3v) is 4.02. The van der Waals surface area contributed by atoms with Crippen molar-refractivity contribution in [2.75, 3.05) is 12.3 Å². The van der Waals surface area contributed by atoms with E-state index in [1.54, 1.807) is 11.8 Å². The van der Waals surface area contributed by atoms with Crippen LogP contribution in [-0.4, -0.2) is 28.3 Å². The van der Waals surface area contributed by atoms with Crippen LogP contribution in [-0.2, 0) is 0 Å². The highest BCUT2D eigenvalue weighted by Gasteiger charge is 2.09. The number of aromatic nitrogens is 2. The van der Waals surface area contributed by atoms with Crippen molar-refractivity contribution in [3.05, 3.63) is 17.0 Å². The van der Waals surface area contributed by atoms with E-state index in [9.17, 15) is 0 Å². The third kappa shape index (κ3) is 4.28. The molecule has 1 aromatic heterocycles. The van der Waals surface area contributed by atoms with Gasteiger partial charge in [-0.25, -0.2) is 9.97 Å². The minimum absolute atomic E-state index is 0.551. The molecular weight excluding hydrogens is 230 g/mol. The summed E-state index contributed by atoms with van der Waals surface area (Å²) in [5, 5.41) is 4.37. The average Bonchev–Trinajstić information content (AvgIpc) is 2.31. The number of nitrogens with zero attached hydrogens (tertiary/aromatic N) is 2. The van der Waals surface area contributed by atoms with E-state index in [1.807, 2.05) is 0 Å². The van der Waals surface area contributed by atoms with Crippen LogP contribution in [0.25, 0.3) is 0 Å². The number of thioether (sulfide) groups is 1. The highest BCUT2D eigenvalue weighted by atomic mass is 32.2. The zero-order valence-electron chi connectivity index (χ0n) is 11.5. The number of aryl methyl sites for hydroxylation is 2. The predicted octanol–water partition coefficient (Wildman–Crippen LogP) is 2.88. The second-order valence-electron chi connectivity index (χ2n) is 4.28. The van der Waals surface area contributed by atoms with E-state index in [2.05, 4.69) is 49.9 Å². The molecule has 4 heteroatoms. The van der Waals surface area contributed by atoms with Gasteiger partial charge in [-0.05, 0) is 39.3 Å². The number of rotatable bonds is 6. The summed E-state index contributed by atoms with van der Waals surface area (Å²) in [7, 11) is 0. The molecule has 0 saturated heterocycles. The van der Waals surface area contributed by atoms with Gasteiger partial charge in [-0.2, -0.15) is 0 Å². The lowest BCUT2D eigenvalue weighted by molar-refractivity contribution is 0.559. The molecule has 0 amide bonds. The molecule has 0 aliphatic carbocycles. The molecule has 0 aliphatic heterocycles. The van der Waals surface area contributed by atoms with Crippen LogP contribution in [0.4, 0.5) is 0 Å². The molecule has 1 aromatic rings. The van der Waals surface area contributed by atoms with Crippen molar-refractivity contribution in [2.45, 2.75) is 52.2 Å². The zero-order chi connectivity index (χ0) is 12.8. The zero-order valence-corrected chi connectivity index (χ0v) is 12.3. The van der Waals surface area contributed by atoms with E-state index in [4.69, 9.17) is 0 Å². The van der Waals surface area contributed by atoms with Crippen molar-refractivity contribution in [1.82, 2.24) is 15.3 Å². The summed E-state index contributed by atoms with van der Waals surface area (Å²) >= 11 is 1.75. The molecule has 1 heterocycles. The second kappa shape index (κ2) is 6.97. The summed E-state index contributed by atoms with van der Waals surface area (Å²) in [5.41, 5.74) is 3.39. The molecule has 1 N–H and O–H groups in total. The van der Waals surface area contributed by atoms with Gasteiger partial charge in [0.05, 0.1) is 0 Å². The maximum atomic E-state index is 4.52. The Morgan fingerprint density at radius 1 is 1.12 bits per heavy atom. The Balaban J connectivity index is 2.63. The SMILES string of the molecule is CCNC(CC)CSc1nc(C)c(C)c(C)n1. The lowest BCUT2D eigenvalue weighted by Gasteiger charge is -2.15. The fourth-order valence-electron chi connectivity index (χ4n) is 1.59. The highest BCUT2D eigenvalue weighted by Crippen LogP contribution is 2.18. The van der Waals surface area contributed by atoms with Crippen LogP contribution in [0.5, 0.6) is 0 Å². The van der Waals surface area contributed by atoms with Gasteiger partial charge in [-0.3, -0.25) is 0 Å². The lowest BCUT2D eigenvalue weighted by Crippen LogP contribution is -2.30. The van der Waals surface area contributed by atoms with E-state index in [-0.39, 0.29) is 0 Å². The van der Waals surface area contributed by atoms with Gasteiger partial charge in [0.2, 0.25) is 0 Å². The minimum atomic E-state index is 0.551. The second-order valence-corrected chi connectivity index (χ2v) is 5.26. The summed E-state index contributed by atoms with van der Waals surface area (Å²) in [6.45, 7) is 11.5. The van der Waals surface area contributed by atoms with Crippen LogP contribution in [0.2, 0.25) is 0 Å². The fourth-order valence-corrected chi connectivity index (χ4v) is 2.70. The van der Waals surface area contributed by atoms with E-state index in [0.717, 1.165) is 35.3 Å². The summed E-state index contributed by atoms with van der Waals surface area (Å²) in [4.78, 5) is 9.05. The molecule has 17 heavy (non-hydrogen) atoms. The van der Waals surface area contributed by atoms with Crippen LogP contribution in [0.1, 0.15) is 37.2 Å². The van der Waals surface area contributed by atoms with Gasteiger partial charge in [0.25, 0.3) is 0 Å². The van der Waals surface area contributed by atoms with Gasteiger partial charge in [0, 0.05) is 23.2 Å². The normalized spacial score (nSPS) is 12.8. The molecule has 0 bridgehead atoms. The van der Waals surface area contributed by atoms with Gasteiger partial charge < -0.3 is 5.32 Å². The van der Waals surface area contributed by atoms with Gasteiger partial charge in [0.15, 0.2) is 5.16 Å². The van der Waals surface area contributed by atoms with Crippen molar-refractivity contribution in [3.63, 3.8) is 0 Å². The summed E-state index contributed by atoms with van der Waals surface area (Å²) < 4.78 is 0. The van der Waals surface area contributed by atoms with Gasteiger partial charge in [-0.15, -0.1) is 0 Å². The Hall–Kier alpha value is -0.610. The van der Waals surface area contributed by atoms with Gasteiger partial charge >= 0.3 is 0 Å². The minimum Gasteiger partial charge on any atom is -0.313 e. The van der Waals surface area contributed by atoms with Crippen LogP contribution in [0.15, 0.2) is 5.16 Å². The molecule has 0 aromatic carbocycles. The molecule has 0 spiro atoms. The standard InChI is InChI=1S/C13H23N3S/c1-6-12(14-7-2)8-17-13-15-10(4)9(3)11(5)16-13/h12,14H,6-8H2,1-5H3. The smallest absolute Gasteiger partial charge is 0.188 e. The Kier molecular flexibility index (Phi) is 5.92. The first-order valence-electron chi connectivity index (χ1n) is 6.26. The van der Waals surface area contributed by atoms with Crippen LogP contribution in [0, 0.1) is 20.8 Å². The van der Waals surface area contributed by atoms with Gasteiger partial charge in [0.1, 0.15) is 0 Å². The average molecular weight is 253 g/mol. The molecular formula is C13H23N3S. The molecule has 0 aliphatic rings. The lowest BCUT2D eigenvalue weighted by atomic mass is 10.2. The van der Waals surface area contributed by atoms with Crippen molar-refractivity contribution >= 4 is 11.8 Å². The largest absolute Gasteiger partial charge is 0.313 e. The van der Waals surface area contributed by atoms with E-state index >= 15 is 0 Å². The first kappa shape index (κ1) is 14.5. The summed E-state index contributed by atoms with van der Waals surface area (Å²) in [6, 6.07) is 0.551. The number of hydrogen-bond acceptors (Lipinski definition) is 4. The molecule has 96 valence electrons. The molecule has 0 fully saturated rings. The van der Waals surface area contributed by atoms with Gasteiger partial charge in [-0.1, -0.05) is 25.6 Å². The van der Waals surface area contributed by atoms with Crippen molar-refractivity contribution in [3.8, 4) is 0 Å². The topological polar surface area (TPSA) is 37.8 Å². The Morgan fingerprint density at radius 2 is 1.71 bits per heavy atom. The first-order chi connectivity index (χ1) is 8.08. The molecule has 0 saturated carbocycles. The van der Waals surface area contributed by atoms with Crippen molar-refractivity contribution < 1.29 is 0 Å². The van der Waals surface area contributed by atoms with Crippen LogP contribution in [0.3, 0.4) is 0 Å². The Morgan fingerprint density at radius 3 is 2.18 bits per heavy atom. The summed E-state index contributed by atoms with van der Waals surface area (Å²) in [5.74, 6) is 1.03. The summed E-state index contributed by atoms with van der Waals surface area (Å²) in [6.07, 6.45) is 1.14.